The summed E-state index contributed by atoms with van der Waals surface area (Å²) in [4.78, 5) is 37.7. The number of nitrogens with one attached hydrogen (secondary N) is 3. The number of aryl methyl sites for hydroxylation is 1. The third-order valence-electron chi connectivity index (χ3n) is 4.87. The van der Waals surface area contributed by atoms with Crippen molar-refractivity contribution in [2.45, 2.75) is 19.4 Å². The molecule has 3 aromatic rings. The Morgan fingerprint density at radius 1 is 1.27 bits per heavy atom. The normalized spacial score (nSPS) is 14.7. The highest BCUT2D eigenvalue weighted by atomic mass is 16.5. The molecule has 2 aromatic carbocycles. The molecule has 1 aliphatic heterocycles. The molecule has 0 radical (unpaired) electrons. The number of aromatic nitrogens is 3. The van der Waals surface area contributed by atoms with E-state index in [1.54, 1.807) is 12.1 Å². The predicted molar refractivity (Wildman–Crippen MR) is 108 cm³/mol. The van der Waals surface area contributed by atoms with Gasteiger partial charge in [0.05, 0.1) is 19.2 Å². The fraction of sp³-hybridized carbons (Fsp3) is 0.238. The third-order valence-corrected chi connectivity index (χ3v) is 4.87. The molecule has 1 aliphatic rings. The zero-order valence-electron chi connectivity index (χ0n) is 16.4. The van der Waals surface area contributed by atoms with Crippen LogP contribution in [-0.2, 0) is 11.2 Å². The van der Waals surface area contributed by atoms with Crippen LogP contribution in [-0.4, -0.2) is 46.8 Å². The van der Waals surface area contributed by atoms with Gasteiger partial charge < -0.3 is 14.8 Å². The number of H-pyrrole nitrogens is 2. The van der Waals surface area contributed by atoms with Crippen molar-refractivity contribution in [3.8, 4) is 16.9 Å². The summed E-state index contributed by atoms with van der Waals surface area (Å²) in [6, 6.07) is 11.2. The Balaban J connectivity index is 1.58. The van der Waals surface area contributed by atoms with Gasteiger partial charge in [-0.3, -0.25) is 9.78 Å². The molecule has 1 amide bonds. The number of carbonyl (C=O) groups excluding carboxylic acids is 2. The van der Waals surface area contributed by atoms with Crippen LogP contribution in [0, 0.1) is 6.92 Å². The van der Waals surface area contributed by atoms with Crippen LogP contribution in [0.5, 0.6) is 5.75 Å². The number of rotatable bonds is 5. The number of fused-ring (bicyclic) bond motifs is 1. The van der Waals surface area contributed by atoms with Crippen LogP contribution in [0.2, 0.25) is 0 Å². The molecule has 0 fully saturated rings. The van der Waals surface area contributed by atoms with Gasteiger partial charge in [-0.2, -0.15) is 0 Å². The number of hydrogen-bond donors (Lipinski definition) is 3. The minimum absolute atomic E-state index is 0.0842. The first-order chi connectivity index (χ1) is 14.5. The maximum atomic E-state index is 12.2. The van der Waals surface area contributed by atoms with Crippen LogP contribution in [0.4, 0.5) is 0 Å². The summed E-state index contributed by atoms with van der Waals surface area (Å²) in [7, 11) is 1.35. The highest BCUT2D eigenvalue weighted by Gasteiger charge is 2.28. The van der Waals surface area contributed by atoms with Gasteiger partial charge in [-0.25, -0.2) is 14.7 Å². The fourth-order valence-electron chi connectivity index (χ4n) is 3.58. The van der Waals surface area contributed by atoms with Gasteiger partial charge in [0, 0.05) is 12.0 Å². The van der Waals surface area contributed by atoms with Gasteiger partial charge in [-0.15, -0.1) is 5.10 Å². The standard InChI is InChI=1S/C21H20N4O5/c1-11-7-12-9-13(10-22-19(26)18-23-21(28)25-24-18)30-17(12)16(8-11)14-5-3-4-6-15(14)20(27)29-2/h3-8,13H,9-10H2,1-2H3,(H,22,26)(H2,23,24,25,28). The molecule has 3 N–H and O–H groups in total. The van der Waals surface area contributed by atoms with E-state index in [-0.39, 0.29) is 18.5 Å². The number of methoxy groups -OCH3 is 1. The quantitative estimate of drug-likeness (QED) is 0.551. The molecule has 0 saturated carbocycles. The zero-order valence-corrected chi connectivity index (χ0v) is 16.4. The van der Waals surface area contributed by atoms with Crippen LogP contribution in [0.15, 0.2) is 41.2 Å². The molecule has 0 saturated heterocycles. The lowest BCUT2D eigenvalue weighted by Crippen LogP contribution is -2.35. The highest BCUT2D eigenvalue weighted by molar-refractivity contribution is 5.98. The second-order valence-corrected chi connectivity index (χ2v) is 7.02. The summed E-state index contributed by atoms with van der Waals surface area (Å²) in [5.74, 6) is -0.320. The Bertz CT molecular complexity index is 1180. The molecular weight excluding hydrogens is 388 g/mol. The van der Waals surface area contributed by atoms with Crippen LogP contribution in [0.25, 0.3) is 11.1 Å². The van der Waals surface area contributed by atoms with Crippen molar-refractivity contribution in [1.29, 1.82) is 0 Å². The van der Waals surface area contributed by atoms with Crippen molar-refractivity contribution in [2.24, 2.45) is 0 Å². The first kappa shape index (κ1) is 19.4. The monoisotopic (exact) mass is 408 g/mol. The number of ether oxygens (including phenoxy) is 2. The van der Waals surface area contributed by atoms with Crippen LogP contribution in [0.1, 0.15) is 32.1 Å². The topological polar surface area (TPSA) is 126 Å². The number of hydrogen-bond acceptors (Lipinski definition) is 6. The number of aromatic amines is 2. The van der Waals surface area contributed by atoms with Gasteiger partial charge in [0.15, 0.2) is 0 Å². The first-order valence-corrected chi connectivity index (χ1v) is 9.37. The molecule has 154 valence electrons. The van der Waals surface area contributed by atoms with Gasteiger partial charge in [0.2, 0.25) is 5.82 Å². The van der Waals surface area contributed by atoms with E-state index >= 15 is 0 Å². The zero-order chi connectivity index (χ0) is 21.3. The third kappa shape index (κ3) is 3.69. The lowest BCUT2D eigenvalue weighted by Gasteiger charge is -2.15. The van der Waals surface area contributed by atoms with E-state index in [2.05, 4.69) is 20.5 Å². The average Bonchev–Trinajstić information content (AvgIpc) is 3.36. The van der Waals surface area contributed by atoms with Crippen molar-refractivity contribution >= 4 is 11.9 Å². The van der Waals surface area contributed by atoms with Gasteiger partial charge in [0.1, 0.15) is 11.9 Å². The van der Waals surface area contributed by atoms with Crippen LogP contribution < -0.4 is 15.7 Å². The summed E-state index contributed by atoms with van der Waals surface area (Å²) in [5, 5.41) is 8.47. The first-order valence-electron chi connectivity index (χ1n) is 9.37. The van der Waals surface area contributed by atoms with E-state index in [4.69, 9.17) is 9.47 Å². The maximum Gasteiger partial charge on any atom is 0.341 e. The van der Waals surface area contributed by atoms with Gasteiger partial charge in [-0.05, 0) is 35.7 Å². The van der Waals surface area contributed by atoms with E-state index in [1.807, 2.05) is 31.2 Å². The molecule has 0 aliphatic carbocycles. The second-order valence-electron chi connectivity index (χ2n) is 7.02. The molecule has 4 rings (SSSR count). The summed E-state index contributed by atoms with van der Waals surface area (Å²) in [6.07, 6.45) is 0.308. The minimum atomic E-state index is -0.547. The lowest BCUT2D eigenvalue weighted by atomic mass is 9.94. The number of benzene rings is 2. The van der Waals surface area contributed by atoms with E-state index < -0.39 is 17.6 Å². The molecule has 30 heavy (non-hydrogen) atoms. The average molecular weight is 408 g/mol. The van der Waals surface area contributed by atoms with Gasteiger partial charge >= 0.3 is 11.7 Å². The minimum Gasteiger partial charge on any atom is -0.487 e. The molecule has 1 aromatic heterocycles. The highest BCUT2D eigenvalue weighted by Crippen LogP contribution is 2.41. The molecular formula is C21H20N4O5. The van der Waals surface area contributed by atoms with Crippen LogP contribution >= 0.6 is 0 Å². The van der Waals surface area contributed by atoms with Crippen molar-refractivity contribution in [2.75, 3.05) is 13.7 Å². The number of carbonyl (C=O) groups is 2. The molecule has 0 bridgehead atoms. The summed E-state index contributed by atoms with van der Waals surface area (Å²) in [6.45, 7) is 2.22. The molecule has 9 heteroatoms. The van der Waals surface area contributed by atoms with Crippen LogP contribution in [0.3, 0.4) is 0 Å². The second kappa shape index (κ2) is 7.86. The van der Waals surface area contributed by atoms with E-state index in [0.717, 1.165) is 22.3 Å². The molecule has 0 spiro atoms. The summed E-state index contributed by atoms with van der Waals surface area (Å²) < 4.78 is 11.1. The van der Waals surface area contributed by atoms with Crippen molar-refractivity contribution in [3.05, 3.63) is 69.4 Å². The molecule has 1 atom stereocenters. The number of amides is 1. The van der Waals surface area contributed by atoms with Crippen molar-refractivity contribution in [3.63, 3.8) is 0 Å². The maximum absolute atomic E-state index is 12.2. The molecule has 1 unspecified atom stereocenters. The molecule has 9 nitrogen and oxygen atoms in total. The Labute approximate surface area is 171 Å². The van der Waals surface area contributed by atoms with E-state index in [1.165, 1.54) is 7.11 Å². The van der Waals surface area contributed by atoms with E-state index in [0.29, 0.717) is 17.7 Å². The Hall–Kier alpha value is -3.88. The molecule has 2 heterocycles. The SMILES string of the molecule is COC(=O)c1ccccc1-c1cc(C)cc2c1OC(CNC(=O)c1n[nH]c(=O)[nH]1)C2. The van der Waals surface area contributed by atoms with Crippen molar-refractivity contribution in [1.82, 2.24) is 20.5 Å². The van der Waals surface area contributed by atoms with E-state index in [9.17, 15) is 14.4 Å². The number of nitrogens with zero attached hydrogens (tertiary/aromatic N) is 1. The predicted octanol–water partition coefficient (Wildman–Crippen LogP) is 1.59. The lowest BCUT2D eigenvalue weighted by molar-refractivity contribution is 0.0601. The fourth-order valence-corrected chi connectivity index (χ4v) is 3.58. The summed E-state index contributed by atoms with van der Waals surface area (Å²) >= 11 is 0. The number of esters is 1. The Kier molecular flexibility index (Phi) is 5.09. The smallest absolute Gasteiger partial charge is 0.341 e. The van der Waals surface area contributed by atoms with Gasteiger partial charge in [0.25, 0.3) is 5.91 Å². The Morgan fingerprint density at radius 3 is 2.80 bits per heavy atom. The largest absolute Gasteiger partial charge is 0.487 e. The summed E-state index contributed by atoms with van der Waals surface area (Å²) in [5.41, 5.74) is 3.46. The van der Waals surface area contributed by atoms with Crippen molar-refractivity contribution < 1.29 is 19.1 Å². The van der Waals surface area contributed by atoms with Gasteiger partial charge in [-0.1, -0.05) is 24.3 Å². The Morgan fingerprint density at radius 2 is 2.07 bits per heavy atom.